The molecule has 2 heteroatoms. The Labute approximate surface area is 89.9 Å². The number of hydrogen-bond donors (Lipinski definition) is 1. The second-order valence-electron chi connectivity index (χ2n) is 4.22. The van der Waals surface area contributed by atoms with E-state index in [4.69, 9.17) is 0 Å². The minimum Gasteiger partial charge on any atom is -0.508 e. The van der Waals surface area contributed by atoms with Gasteiger partial charge in [0.2, 0.25) is 0 Å². The third-order valence-corrected chi connectivity index (χ3v) is 3.31. The van der Waals surface area contributed by atoms with Gasteiger partial charge in [-0.25, -0.2) is 0 Å². The molecule has 0 saturated carbocycles. The molecule has 0 fully saturated rings. The molecule has 0 bridgehead atoms. The van der Waals surface area contributed by atoms with Gasteiger partial charge in [-0.3, -0.25) is 4.79 Å². The van der Waals surface area contributed by atoms with Crippen LogP contribution in [0.25, 0.3) is 0 Å². The first kappa shape index (κ1) is 10.2. The highest BCUT2D eigenvalue weighted by molar-refractivity contribution is 5.87. The van der Waals surface area contributed by atoms with Crippen molar-refractivity contribution in [1.82, 2.24) is 0 Å². The van der Waals surface area contributed by atoms with Gasteiger partial charge in [-0.05, 0) is 35.6 Å². The van der Waals surface area contributed by atoms with E-state index in [-0.39, 0.29) is 11.7 Å². The quantitative estimate of drug-likeness (QED) is 0.763. The Bertz CT molecular complexity index is 407. The molecule has 0 radical (unpaired) electrons. The molecule has 1 unspecified atom stereocenters. The Morgan fingerprint density at radius 3 is 2.80 bits per heavy atom. The largest absolute Gasteiger partial charge is 0.508 e. The second-order valence-corrected chi connectivity index (χ2v) is 4.22. The average molecular weight is 204 g/mol. The van der Waals surface area contributed by atoms with Gasteiger partial charge in [0.25, 0.3) is 0 Å². The highest BCUT2D eigenvalue weighted by Gasteiger charge is 2.24. The number of aromatic hydroxyl groups is 1. The van der Waals surface area contributed by atoms with Crippen LogP contribution in [-0.2, 0) is 17.6 Å². The van der Waals surface area contributed by atoms with Crippen LogP contribution in [0.5, 0.6) is 5.75 Å². The summed E-state index contributed by atoms with van der Waals surface area (Å²) in [5.41, 5.74) is 3.23. The zero-order valence-electron chi connectivity index (χ0n) is 9.21. The standard InChI is InChI=1S/C13H16O2/c1-3-9-6-10-4-5-12(14)8(2)11(10)7-13(9)15/h6-8,15H,3-5H2,1-2H3. The number of fused-ring (bicyclic) bond motifs is 1. The fourth-order valence-electron chi connectivity index (χ4n) is 2.25. The van der Waals surface area contributed by atoms with Crippen LogP contribution in [0.3, 0.4) is 0 Å². The van der Waals surface area contributed by atoms with Crippen LogP contribution in [0.2, 0.25) is 0 Å². The summed E-state index contributed by atoms with van der Waals surface area (Å²) in [6.07, 6.45) is 2.30. The smallest absolute Gasteiger partial charge is 0.140 e. The van der Waals surface area contributed by atoms with E-state index in [9.17, 15) is 9.90 Å². The Morgan fingerprint density at radius 2 is 2.13 bits per heavy atom. The predicted molar refractivity (Wildman–Crippen MR) is 59.2 cm³/mol. The maximum absolute atomic E-state index is 11.5. The molecule has 0 aliphatic heterocycles. The van der Waals surface area contributed by atoms with Gasteiger partial charge in [0.15, 0.2) is 0 Å². The molecule has 0 saturated heterocycles. The number of Topliss-reactive ketones (excluding diaryl/α,β-unsaturated/α-hetero) is 1. The molecule has 1 N–H and O–H groups in total. The fraction of sp³-hybridized carbons (Fsp3) is 0.462. The van der Waals surface area contributed by atoms with E-state index in [2.05, 4.69) is 0 Å². The number of phenols is 1. The molecule has 1 atom stereocenters. The van der Waals surface area contributed by atoms with Crippen LogP contribution >= 0.6 is 0 Å². The number of benzene rings is 1. The number of phenolic OH excluding ortho intramolecular Hbond substituents is 1. The Kier molecular flexibility index (Phi) is 2.51. The summed E-state index contributed by atoms with van der Waals surface area (Å²) >= 11 is 0. The molecule has 2 nitrogen and oxygen atoms in total. The number of carbonyl (C=O) groups excluding carboxylic acids is 1. The van der Waals surface area contributed by atoms with Crippen molar-refractivity contribution < 1.29 is 9.90 Å². The summed E-state index contributed by atoms with van der Waals surface area (Å²) < 4.78 is 0. The van der Waals surface area contributed by atoms with Crippen LogP contribution in [0.1, 0.15) is 42.9 Å². The van der Waals surface area contributed by atoms with Gasteiger partial charge in [0, 0.05) is 12.3 Å². The minimum atomic E-state index is -0.0504. The molecule has 1 aliphatic carbocycles. The molecule has 1 aromatic carbocycles. The zero-order valence-corrected chi connectivity index (χ0v) is 9.21. The summed E-state index contributed by atoms with van der Waals surface area (Å²) in [5, 5.41) is 9.76. The molecule has 2 rings (SSSR count). The number of ketones is 1. The third-order valence-electron chi connectivity index (χ3n) is 3.31. The molecule has 0 aromatic heterocycles. The van der Waals surface area contributed by atoms with E-state index >= 15 is 0 Å². The summed E-state index contributed by atoms with van der Waals surface area (Å²) in [6, 6.07) is 3.82. The maximum atomic E-state index is 11.5. The van der Waals surface area contributed by atoms with E-state index in [0.717, 1.165) is 24.0 Å². The van der Waals surface area contributed by atoms with Crippen LogP contribution in [0.15, 0.2) is 12.1 Å². The molecular weight excluding hydrogens is 188 g/mol. The minimum absolute atomic E-state index is 0.0504. The van der Waals surface area contributed by atoms with E-state index < -0.39 is 0 Å². The van der Waals surface area contributed by atoms with Gasteiger partial charge in [-0.1, -0.05) is 19.9 Å². The summed E-state index contributed by atoms with van der Waals surface area (Å²) in [5.74, 6) is 0.564. The van der Waals surface area contributed by atoms with Crippen LogP contribution in [0, 0.1) is 0 Å². The monoisotopic (exact) mass is 204 g/mol. The summed E-state index contributed by atoms with van der Waals surface area (Å²) in [6.45, 7) is 3.95. The average Bonchev–Trinajstić information content (AvgIpc) is 2.24. The van der Waals surface area contributed by atoms with Gasteiger partial charge in [0.1, 0.15) is 11.5 Å². The van der Waals surface area contributed by atoms with Crippen molar-refractivity contribution >= 4 is 5.78 Å². The third kappa shape index (κ3) is 1.65. The fourth-order valence-corrected chi connectivity index (χ4v) is 2.25. The Morgan fingerprint density at radius 1 is 1.40 bits per heavy atom. The van der Waals surface area contributed by atoms with Crippen LogP contribution in [0.4, 0.5) is 0 Å². The SMILES string of the molecule is CCc1cc2c(cc1O)C(C)C(=O)CC2. The topological polar surface area (TPSA) is 37.3 Å². The van der Waals surface area contributed by atoms with Crippen molar-refractivity contribution in [2.45, 2.75) is 39.0 Å². The first-order valence-electron chi connectivity index (χ1n) is 5.50. The van der Waals surface area contributed by atoms with Gasteiger partial charge in [0.05, 0.1) is 0 Å². The molecule has 0 heterocycles. The molecule has 1 aliphatic rings. The lowest BCUT2D eigenvalue weighted by atomic mass is 9.82. The van der Waals surface area contributed by atoms with E-state index in [1.54, 1.807) is 6.07 Å². The Hall–Kier alpha value is -1.31. The number of carbonyl (C=O) groups is 1. The van der Waals surface area contributed by atoms with E-state index in [0.29, 0.717) is 12.2 Å². The number of aryl methyl sites for hydroxylation is 2. The lowest BCUT2D eigenvalue weighted by Gasteiger charge is -2.22. The van der Waals surface area contributed by atoms with Crippen molar-refractivity contribution in [2.75, 3.05) is 0 Å². The first-order chi connectivity index (χ1) is 7.13. The maximum Gasteiger partial charge on any atom is 0.140 e. The van der Waals surface area contributed by atoms with E-state index in [1.807, 2.05) is 19.9 Å². The lowest BCUT2D eigenvalue weighted by molar-refractivity contribution is -0.120. The van der Waals surface area contributed by atoms with Crippen molar-refractivity contribution in [1.29, 1.82) is 0 Å². The molecule has 0 spiro atoms. The first-order valence-corrected chi connectivity index (χ1v) is 5.50. The highest BCUT2D eigenvalue weighted by Crippen LogP contribution is 2.33. The second kappa shape index (κ2) is 3.69. The lowest BCUT2D eigenvalue weighted by Crippen LogP contribution is -2.18. The van der Waals surface area contributed by atoms with Crippen LogP contribution < -0.4 is 0 Å². The van der Waals surface area contributed by atoms with Crippen molar-refractivity contribution in [3.63, 3.8) is 0 Å². The van der Waals surface area contributed by atoms with E-state index in [1.165, 1.54) is 5.56 Å². The van der Waals surface area contributed by atoms with Gasteiger partial charge in [-0.15, -0.1) is 0 Å². The van der Waals surface area contributed by atoms with Gasteiger partial charge >= 0.3 is 0 Å². The number of hydrogen-bond acceptors (Lipinski definition) is 2. The highest BCUT2D eigenvalue weighted by atomic mass is 16.3. The molecule has 1 aromatic rings. The summed E-state index contributed by atoms with van der Waals surface area (Å²) in [4.78, 5) is 11.5. The number of rotatable bonds is 1. The Balaban J connectivity index is 2.52. The van der Waals surface area contributed by atoms with Crippen molar-refractivity contribution in [3.05, 3.63) is 28.8 Å². The van der Waals surface area contributed by atoms with Crippen molar-refractivity contribution in [2.24, 2.45) is 0 Å². The molecular formula is C13H16O2. The predicted octanol–water partition coefficient (Wildman–Crippen LogP) is 2.57. The summed E-state index contributed by atoms with van der Waals surface area (Å²) in [7, 11) is 0. The van der Waals surface area contributed by atoms with Crippen LogP contribution in [-0.4, -0.2) is 10.9 Å². The zero-order chi connectivity index (χ0) is 11.0. The molecule has 15 heavy (non-hydrogen) atoms. The van der Waals surface area contributed by atoms with Gasteiger partial charge in [-0.2, -0.15) is 0 Å². The molecule has 80 valence electrons. The van der Waals surface area contributed by atoms with Gasteiger partial charge < -0.3 is 5.11 Å². The van der Waals surface area contributed by atoms with Crippen molar-refractivity contribution in [3.8, 4) is 5.75 Å². The molecule has 0 amide bonds. The normalized spacial score (nSPS) is 20.1.